The molecule has 2 N–H and O–H groups in total. The molecule has 130 valence electrons. The van der Waals surface area contributed by atoms with Gasteiger partial charge in [-0.05, 0) is 49.4 Å². The second-order valence-electron chi connectivity index (χ2n) is 5.90. The minimum atomic E-state index is -0.256. The summed E-state index contributed by atoms with van der Waals surface area (Å²) in [6.07, 6.45) is 1.46. The number of aromatic hydroxyl groups is 1. The van der Waals surface area contributed by atoms with Gasteiger partial charge in [-0.2, -0.15) is 0 Å². The zero-order chi connectivity index (χ0) is 18.3. The molecule has 0 amide bonds. The first kappa shape index (κ1) is 16.8. The minimum absolute atomic E-state index is 0.0980. The molecule has 1 aromatic heterocycles. The molecular formula is C20H14ClNO3S. The highest BCUT2D eigenvalue weighted by Gasteiger charge is 2.28. The van der Waals surface area contributed by atoms with Crippen molar-refractivity contribution >= 4 is 40.5 Å². The molecule has 0 spiro atoms. The Morgan fingerprint density at radius 2 is 2.04 bits per heavy atom. The Bertz CT molecular complexity index is 1040. The number of nitrogens with one attached hydrogen (secondary N) is 1. The van der Waals surface area contributed by atoms with Gasteiger partial charge in [-0.1, -0.05) is 35.0 Å². The summed E-state index contributed by atoms with van der Waals surface area (Å²) in [4.78, 5) is 14.3. The van der Waals surface area contributed by atoms with Crippen LogP contribution in [-0.4, -0.2) is 10.9 Å². The fourth-order valence-electron chi connectivity index (χ4n) is 2.76. The van der Waals surface area contributed by atoms with E-state index in [1.165, 1.54) is 18.0 Å². The normalized spacial score (nSPS) is 13.3. The topological polar surface area (TPSA) is 62.5 Å². The largest absolute Gasteiger partial charge is 0.507 e. The number of anilines is 1. The van der Waals surface area contributed by atoms with Crippen LogP contribution in [0.5, 0.6) is 5.75 Å². The summed E-state index contributed by atoms with van der Waals surface area (Å²) in [7, 11) is 0. The van der Waals surface area contributed by atoms with Crippen molar-refractivity contribution in [1.82, 2.24) is 0 Å². The number of halogens is 1. The zero-order valence-corrected chi connectivity index (χ0v) is 15.3. The lowest BCUT2D eigenvalue weighted by atomic mass is 10.0. The third-order valence-electron chi connectivity index (χ3n) is 4.01. The number of fused-ring (bicyclic) bond motifs is 1. The number of allylic oxidation sites excluding steroid dienone is 1. The summed E-state index contributed by atoms with van der Waals surface area (Å²) in [5.41, 5.74) is 2.91. The molecular weight excluding hydrogens is 370 g/mol. The molecule has 0 aliphatic carbocycles. The van der Waals surface area contributed by atoms with Gasteiger partial charge >= 0.3 is 0 Å². The number of hydrogen-bond acceptors (Lipinski definition) is 5. The molecule has 0 saturated carbocycles. The number of ketones is 1. The van der Waals surface area contributed by atoms with Crippen molar-refractivity contribution in [2.75, 3.05) is 5.32 Å². The highest BCUT2D eigenvalue weighted by molar-refractivity contribution is 8.04. The number of Topliss-reactive ketones (excluding diaryl/α,β-unsaturated/α-hetero) is 1. The number of phenols is 1. The second kappa shape index (κ2) is 6.59. The van der Waals surface area contributed by atoms with Crippen molar-refractivity contribution in [3.8, 4) is 5.75 Å². The fraction of sp³-hybridized carbons (Fsp3) is 0.0500. The highest BCUT2D eigenvalue weighted by atomic mass is 35.5. The van der Waals surface area contributed by atoms with Crippen LogP contribution in [0.15, 0.2) is 69.0 Å². The van der Waals surface area contributed by atoms with E-state index in [2.05, 4.69) is 5.32 Å². The Kier molecular flexibility index (Phi) is 4.26. The van der Waals surface area contributed by atoms with E-state index in [1.54, 1.807) is 30.3 Å². The Morgan fingerprint density at radius 3 is 2.81 bits per heavy atom. The standard InChI is InChI=1S/C20H14ClNO3S/c1-11-4-7-15(23)13(9-11)18-20(19(24)16-3-2-8-25-16)26-17-10-12(21)5-6-14(17)22-18/h2-10,22-23H,1H3. The van der Waals surface area contributed by atoms with Crippen LogP contribution in [0.4, 0.5) is 5.69 Å². The van der Waals surface area contributed by atoms with Gasteiger partial charge < -0.3 is 14.8 Å². The maximum atomic E-state index is 13.0. The van der Waals surface area contributed by atoms with E-state index in [-0.39, 0.29) is 17.3 Å². The number of carbonyl (C=O) groups excluding carboxylic acids is 1. The molecule has 0 atom stereocenters. The molecule has 2 heterocycles. The van der Waals surface area contributed by atoms with Crippen LogP contribution >= 0.6 is 23.4 Å². The summed E-state index contributed by atoms with van der Waals surface area (Å²) >= 11 is 7.41. The van der Waals surface area contributed by atoms with Gasteiger partial charge in [0.05, 0.1) is 22.6 Å². The van der Waals surface area contributed by atoms with Crippen LogP contribution < -0.4 is 5.32 Å². The molecule has 0 bridgehead atoms. The fourth-order valence-corrected chi connectivity index (χ4v) is 4.08. The van der Waals surface area contributed by atoms with Crippen LogP contribution in [0.3, 0.4) is 0 Å². The number of hydrogen-bond donors (Lipinski definition) is 2. The molecule has 0 radical (unpaired) electrons. The Balaban J connectivity index is 1.90. The van der Waals surface area contributed by atoms with Crippen molar-refractivity contribution < 1.29 is 14.3 Å². The molecule has 0 saturated heterocycles. The first-order chi connectivity index (χ1) is 12.5. The predicted molar refractivity (Wildman–Crippen MR) is 104 cm³/mol. The molecule has 26 heavy (non-hydrogen) atoms. The van der Waals surface area contributed by atoms with Gasteiger partial charge in [0, 0.05) is 15.5 Å². The number of aryl methyl sites for hydroxylation is 1. The first-order valence-corrected chi connectivity index (χ1v) is 9.09. The van der Waals surface area contributed by atoms with Crippen LogP contribution in [0, 0.1) is 6.92 Å². The van der Waals surface area contributed by atoms with Crippen molar-refractivity contribution in [2.45, 2.75) is 11.8 Å². The van der Waals surface area contributed by atoms with Gasteiger partial charge in [-0.3, -0.25) is 4.79 Å². The predicted octanol–water partition coefficient (Wildman–Crippen LogP) is 5.72. The van der Waals surface area contributed by atoms with Crippen molar-refractivity contribution in [1.29, 1.82) is 0 Å². The number of furan rings is 1. The van der Waals surface area contributed by atoms with Gasteiger partial charge in [0.25, 0.3) is 0 Å². The Hall–Kier alpha value is -2.63. The average molecular weight is 384 g/mol. The SMILES string of the molecule is Cc1ccc(O)c(C2=C(C(=O)c3ccco3)Sc3cc(Cl)ccc3N2)c1. The third-order valence-corrected chi connectivity index (χ3v) is 5.40. The van der Waals surface area contributed by atoms with Crippen molar-refractivity contribution in [3.63, 3.8) is 0 Å². The van der Waals surface area contributed by atoms with E-state index in [4.69, 9.17) is 16.0 Å². The minimum Gasteiger partial charge on any atom is -0.507 e. The Morgan fingerprint density at radius 1 is 1.19 bits per heavy atom. The molecule has 4 rings (SSSR count). The molecule has 0 fully saturated rings. The van der Waals surface area contributed by atoms with Gasteiger partial charge in [-0.25, -0.2) is 0 Å². The van der Waals surface area contributed by atoms with Crippen LogP contribution in [0.2, 0.25) is 5.02 Å². The van der Waals surface area contributed by atoms with E-state index in [0.29, 0.717) is 21.2 Å². The third kappa shape index (κ3) is 3.00. The van der Waals surface area contributed by atoms with Gasteiger partial charge in [-0.15, -0.1) is 0 Å². The molecule has 6 heteroatoms. The number of thioether (sulfide) groups is 1. The highest BCUT2D eigenvalue weighted by Crippen LogP contribution is 2.46. The van der Waals surface area contributed by atoms with Crippen LogP contribution in [0.25, 0.3) is 5.70 Å². The van der Waals surface area contributed by atoms with E-state index >= 15 is 0 Å². The van der Waals surface area contributed by atoms with Crippen LogP contribution in [-0.2, 0) is 0 Å². The summed E-state index contributed by atoms with van der Waals surface area (Å²) in [6, 6.07) is 14.0. The number of rotatable bonds is 3. The van der Waals surface area contributed by atoms with E-state index < -0.39 is 0 Å². The van der Waals surface area contributed by atoms with Crippen molar-refractivity contribution in [3.05, 3.63) is 81.6 Å². The summed E-state index contributed by atoms with van der Waals surface area (Å²) < 4.78 is 5.29. The maximum Gasteiger partial charge on any atom is 0.236 e. The summed E-state index contributed by atoms with van der Waals surface area (Å²) in [5.74, 6) is 0.0827. The average Bonchev–Trinajstić information content (AvgIpc) is 3.17. The van der Waals surface area contributed by atoms with Crippen LogP contribution in [0.1, 0.15) is 21.7 Å². The summed E-state index contributed by atoms with van der Waals surface area (Å²) in [5, 5.41) is 14.2. The Labute approximate surface area is 159 Å². The van der Waals surface area contributed by atoms with E-state index in [0.717, 1.165) is 16.1 Å². The molecule has 0 unspecified atom stereocenters. The lowest BCUT2D eigenvalue weighted by molar-refractivity contribution is 0.101. The van der Waals surface area contributed by atoms with E-state index in [9.17, 15) is 9.90 Å². The number of carbonyl (C=O) groups is 1. The second-order valence-corrected chi connectivity index (χ2v) is 7.39. The zero-order valence-electron chi connectivity index (χ0n) is 13.7. The lowest BCUT2D eigenvalue weighted by Gasteiger charge is -2.24. The molecule has 2 aromatic carbocycles. The smallest absolute Gasteiger partial charge is 0.236 e. The maximum absolute atomic E-state index is 13.0. The molecule has 3 aromatic rings. The number of phenolic OH excluding ortho intramolecular Hbond substituents is 1. The monoisotopic (exact) mass is 383 g/mol. The van der Waals surface area contributed by atoms with E-state index in [1.807, 2.05) is 25.1 Å². The first-order valence-electron chi connectivity index (χ1n) is 7.90. The molecule has 1 aliphatic heterocycles. The molecule has 4 nitrogen and oxygen atoms in total. The quantitative estimate of drug-likeness (QED) is 0.566. The summed E-state index contributed by atoms with van der Waals surface area (Å²) in [6.45, 7) is 1.93. The number of benzene rings is 2. The van der Waals surface area contributed by atoms with Gasteiger partial charge in [0.15, 0.2) is 5.76 Å². The van der Waals surface area contributed by atoms with Crippen molar-refractivity contribution in [2.24, 2.45) is 0 Å². The van der Waals surface area contributed by atoms with Gasteiger partial charge in [0.1, 0.15) is 5.75 Å². The molecule has 1 aliphatic rings. The lowest BCUT2D eigenvalue weighted by Crippen LogP contribution is -2.13. The van der Waals surface area contributed by atoms with Gasteiger partial charge in [0.2, 0.25) is 5.78 Å².